The van der Waals surface area contributed by atoms with Crippen molar-refractivity contribution in [3.05, 3.63) is 21.3 Å². The van der Waals surface area contributed by atoms with E-state index in [2.05, 4.69) is 4.74 Å². The number of carbonyl (C=O) groups excluding carboxylic acids is 2. The Morgan fingerprint density at radius 2 is 2.24 bits per heavy atom. The molecule has 0 aliphatic heterocycles. The minimum Gasteiger partial charge on any atom is -0.469 e. The molecule has 17 heavy (non-hydrogen) atoms. The second kappa shape index (κ2) is 7.03. The van der Waals surface area contributed by atoms with Crippen molar-refractivity contribution in [3.63, 3.8) is 0 Å². The molecule has 0 saturated heterocycles. The zero-order chi connectivity index (χ0) is 12.8. The number of esters is 1. The summed E-state index contributed by atoms with van der Waals surface area (Å²) >= 11 is 8.50. The number of hydrogen-bond acceptors (Lipinski definition) is 5. The summed E-state index contributed by atoms with van der Waals surface area (Å²) in [7, 11) is 1.36. The topological polar surface area (TPSA) is 43.4 Å². The van der Waals surface area contributed by atoms with Crippen molar-refractivity contribution in [2.75, 3.05) is 12.9 Å². The van der Waals surface area contributed by atoms with Crippen LogP contribution in [0, 0.1) is 0 Å². The Kier molecular flexibility index (Phi) is 6.02. The Labute approximate surface area is 113 Å². The quantitative estimate of drug-likeness (QED) is 0.596. The average Bonchev–Trinajstić information content (AvgIpc) is 2.74. The van der Waals surface area contributed by atoms with Gasteiger partial charge in [0.05, 0.1) is 28.0 Å². The zero-order valence-corrected chi connectivity index (χ0v) is 12.0. The molecule has 0 amide bonds. The second-order valence-electron chi connectivity index (χ2n) is 3.31. The molecule has 1 aromatic heterocycles. The molecular formula is C11H13ClO3S2. The van der Waals surface area contributed by atoms with Gasteiger partial charge in [-0.1, -0.05) is 11.6 Å². The summed E-state index contributed by atoms with van der Waals surface area (Å²) in [6.45, 7) is 1.83. The van der Waals surface area contributed by atoms with Crippen LogP contribution in [0.4, 0.5) is 0 Å². The molecule has 1 rings (SSSR count). The molecule has 0 saturated carbocycles. The lowest BCUT2D eigenvalue weighted by Gasteiger charge is -2.07. The van der Waals surface area contributed by atoms with E-state index in [0.29, 0.717) is 21.4 Å². The van der Waals surface area contributed by atoms with E-state index in [1.165, 1.54) is 30.2 Å². The van der Waals surface area contributed by atoms with E-state index in [1.54, 1.807) is 12.1 Å². The van der Waals surface area contributed by atoms with E-state index in [1.807, 2.05) is 6.92 Å². The molecule has 0 radical (unpaired) electrons. The smallest absolute Gasteiger partial charge is 0.306 e. The van der Waals surface area contributed by atoms with Crippen LogP contribution in [0.15, 0.2) is 12.1 Å². The molecule has 0 aliphatic rings. The van der Waals surface area contributed by atoms with Crippen molar-refractivity contribution < 1.29 is 14.3 Å². The van der Waals surface area contributed by atoms with Crippen molar-refractivity contribution in [3.8, 4) is 0 Å². The van der Waals surface area contributed by atoms with Crippen LogP contribution in [-0.4, -0.2) is 29.9 Å². The van der Waals surface area contributed by atoms with Gasteiger partial charge in [0.15, 0.2) is 5.78 Å². The van der Waals surface area contributed by atoms with Crippen LogP contribution in [-0.2, 0) is 9.53 Å². The van der Waals surface area contributed by atoms with Crippen LogP contribution in [0.25, 0.3) is 0 Å². The second-order valence-corrected chi connectivity index (χ2v) is 6.47. The molecule has 0 N–H and O–H groups in total. The van der Waals surface area contributed by atoms with Crippen LogP contribution in [0.3, 0.4) is 0 Å². The lowest BCUT2D eigenvalue weighted by Crippen LogP contribution is -2.13. The number of Topliss-reactive ketones (excluding diaryl/α,β-unsaturated/α-hetero) is 1. The third-order valence-corrected chi connectivity index (χ3v) is 4.49. The first kappa shape index (κ1) is 14.5. The van der Waals surface area contributed by atoms with E-state index in [9.17, 15) is 9.59 Å². The highest BCUT2D eigenvalue weighted by Crippen LogP contribution is 2.25. The number of thioether (sulfide) groups is 1. The first-order valence-corrected chi connectivity index (χ1v) is 7.27. The molecule has 0 bridgehead atoms. The van der Waals surface area contributed by atoms with Gasteiger partial charge in [0.25, 0.3) is 0 Å². The largest absolute Gasteiger partial charge is 0.469 e. The summed E-state index contributed by atoms with van der Waals surface area (Å²) in [6, 6.07) is 3.44. The Morgan fingerprint density at radius 1 is 1.53 bits per heavy atom. The monoisotopic (exact) mass is 292 g/mol. The van der Waals surface area contributed by atoms with Crippen LogP contribution in [0.5, 0.6) is 0 Å². The Morgan fingerprint density at radius 3 is 2.76 bits per heavy atom. The predicted octanol–water partition coefficient (Wildman–Crippen LogP) is 3.27. The Bertz CT molecular complexity index is 403. The van der Waals surface area contributed by atoms with Gasteiger partial charge >= 0.3 is 5.97 Å². The highest BCUT2D eigenvalue weighted by Gasteiger charge is 2.17. The summed E-state index contributed by atoms with van der Waals surface area (Å²) in [5, 5.41) is -0.172. The van der Waals surface area contributed by atoms with E-state index < -0.39 is 0 Å². The van der Waals surface area contributed by atoms with E-state index in [-0.39, 0.29) is 17.0 Å². The third kappa shape index (κ3) is 4.69. The van der Waals surface area contributed by atoms with Gasteiger partial charge in [-0.05, 0) is 19.1 Å². The van der Waals surface area contributed by atoms with Crippen LogP contribution < -0.4 is 0 Å². The minimum atomic E-state index is -0.253. The molecule has 6 heteroatoms. The fourth-order valence-corrected chi connectivity index (χ4v) is 3.21. The molecule has 94 valence electrons. The number of ether oxygens (including phenoxy) is 1. The number of thiophene rings is 1. The molecule has 1 atom stereocenters. The number of ketones is 1. The molecule has 0 fully saturated rings. The molecule has 0 spiro atoms. The normalized spacial score (nSPS) is 12.2. The SMILES string of the molecule is COC(=O)CCSC(C)C(=O)c1ccc(Cl)s1. The molecule has 1 unspecified atom stereocenters. The van der Waals surface area contributed by atoms with Crippen molar-refractivity contribution in [1.82, 2.24) is 0 Å². The summed E-state index contributed by atoms with van der Waals surface area (Å²) in [6.07, 6.45) is 0.323. The van der Waals surface area contributed by atoms with Gasteiger partial charge in [-0.3, -0.25) is 9.59 Å². The van der Waals surface area contributed by atoms with Gasteiger partial charge in [0, 0.05) is 5.75 Å². The first-order chi connectivity index (χ1) is 8.04. The maximum Gasteiger partial charge on any atom is 0.306 e. The van der Waals surface area contributed by atoms with Crippen LogP contribution in [0.2, 0.25) is 4.34 Å². The van der Waals surface area contributed by atoms with Crippen molar-refractivity contribution in [2.24, 2.45) is 0 Å². The molecule has 0 aromatic carbocycles. The summed E-state index contributed by atoms with van der Waals surface area (Å²) < 4.78 is 5.14. The number of methoxy groups -OCH3 is 1. The summed E-state index contributed by atoms with van der Waals surface area (Å²) in [5.74, 6) is 0.381. The molecule has 1 aromatic rings. The number of rotatable bonds is 6. The van der Waals surface area contributed by atoms with Crippen molar-refractivity contribution in [1.29, 1.82) is 0 Å². The summed E-state index contributed by atoms with van der Waals surface area (Å²) in [5.41, 5.74) is 0. The fourth-order valence-electron chi connectivity index (χ4n) is 1.14. The molecule has 1 heterocycles. The van der Waals surface area contributed by atoms with E-state index in [0.717, 1.165) is 0 Å². The minimum absolute atomic E-state index is 0.0526. The number of hydrogen-bond donors (Lipinski definition) is 0. The standard InChI is InChI=1S/C11H13ClO3S2/c1-7(16-6-5-10(13)15-2)11(14)8-3-4-9(12)17-8/h3-4,7H,5-6H2,1-2H3. The lowest BCUT2D eigenvalue weighted by molar-refractivity contribution is -0.140. The molecule has 3 nitrogen and oxygen atoms in total. The number of halogens is 1. The predicted molar refractivity (Wildman–Crippen MR) is 72.2 cm³/mol. The fraction of sp³-hybridized carbons (Fsp3) is 0.455. The van der Waals surface area contributed by atoms with Gasteiger partial charge in [-0.25, -0.2) is 0 Å². The first-order valence-electron chi connectivity index (χ1n) is 5.02. The Hall–Kier alpha value is -0.520. The van der Waals surface area contributed by atoms with Gasteiger partial charge in [0.2, 0.25) is 0 Å². The van der Waals surface area contributed by atoms with Crippen LogP contribution in [0.1, 0.15) is 23.0 Å². The maximum atomic E-state index is 11.9. The third-order valence-electron chi connectivity index (χ3n) is 2.09. The van der Waals surface area contributed by atoms with E-state index >= 15 is 0 Å². The van der Waals surface area contributed by atoms with Gasteiger partial charge in [0.1, 0.15) is 0 Å². The van der Waals surface area contributed by atoms with Gasteiger partial charge in [-0.2, -0.15) is 0 Å². The Balaban J connectivity index is 2.40. The molecule has 0 aliphatic carbocycles. The van der Waals surface area contributed by atoms with Crippen molar-refractivity contribution >= 4 is 46.5 Å². The number of carbonyl (C=O) groups is 2. The summed E-state index contributed by atoms with van der Waals surface area (Å²) in [4.78, 5) is 23.5. The highest BCUT2D eigenvalue weighted by molar-refractivity contribution is 8.00. The molecular weight excluding hydrogens is 280 g/mol. The lowest BCUT2D eigenvalue weighted by atomic mass is 10.2. The van der Waals surface area contributed by atoms with Gasteiger partial charge in [-0.15, -0.1) is 23.1 Å². The van der Waals surface area contributed by atoms with E-state index in [4.69, 9.17) is 11.6 Å². The highest BCUT2D eigenvalue weighted by atomic mass is 35.5. The van der Waals surface area contributed by atoms with Gasteiger partial charge < -0.3 is 4.74 Å². The van der Waals surface area contributed by atoms with Crippen molar-refractivity contribution in [2.45, 2.75) is 18.6 Å². The van der Waals surface area contributed by atoms with Crippen LogP contribution >= 0.6 is 34.7 Å². The maximum absolute atomic E-state index is 11.9. The average molecular weight is 293 g/mol. The zero-order valence-electron chi connectivity index (χ0n) is 9.57.